The number of sulfonamides is 1. The molecule has 0 heterocycles. The van der Waals surface area contributed by atoms with Gasteiger partial charge in [-0.05, 0) is 49.6 Å². The van der Waals surface area contributed by atoms with Crippen LogP contribution in [0.3, 0.4) is 0 Å². The molecule has 7 heteroatoms. The summed E-state index contributed by atoms with van der Waals surface area (Å²) >= 11 is 0. The first-order valence-corrected chi connectivity index (χ1v) is 10.4. The number of anilines is 1. The van der Waals surface area contributed by atoms with Gasteiger partial charge in [0.15, 0.2) is 0 Å². The Hall–Kier alpha value is -2.54. The Morgan fingerprint density at radius 1 is 1.15 bits per heavy atom. The first kappa shape index (κ1) is 20.8. The van der Waals surface area contributed by atoms with Crippen molar-refractivity contribution in [2.45, 2.75) is 26.8 Å². The van der Waals surface area contributed by atoms with Gasteiger partial charge in [0.25, 0.3) is 0 Å². The van der Waals surface area contributed by atoms with E-state index in [9.17, 15) is 13.2 Å². The lowest BCUT2D eigenvalue weighted by atomic mass is 10.0. The van der Waals surface area contributed by atoms with Crippen molar-refractivity contribution in [3.8, 4) is 5.75 Å². The molecule has 2 rings (SSSR count). The second kappa shape index (κ2) is 8.43. The molecule has 6 nitrogen and oxygen atoms in total. The molecule has 1 atom stereocenters. The maximum absolute atomic E-state index is 12.5. The molecule has 0 saturated carbocycles. The first-order chi connectivity index (χ1) is 12.6. The Morgan fingerprint density at radius 3 is 2.44 bits per heavy atom. The number of carbonyl (C=O) groups excluding carboxylic acids is 1. The number of methoxy groups -OCH3 is 1. The van der Waals surface area contributed by atoms with Gasteiger partial charge >= 0.3 is 0 Å². The van der Waals surface area contributed by atoms with E-state index in [1.165, 1.54) is 12.7 Å². The minimum atomic E-state index is -3.63. The molecule has 0 bridgehead atoms. The van der Waals surface area contributed by atoms with Crippen LogP contribution >= 0.6 is 0 Å². The number of nitrogens with one attached hydrogen (secondary N) is 1. The average molecular weight is 391 g/mol. The Morgan fingerprint density at radius 2 is 1.85 bits per heavy atom. The molecule has 27 heavy (non-hydrogen) atoms. The van der Waals surface area contributed by atoms with E-state index in [2.05, 4.69) is 5.32 Å². The fourth-order valence-electron chi connectivity index (χ4n) is 2.70. The van der Waals surface area contributed by atoms with Gasteiger partial charge in [-0.2, -0.15) is 0 Å². The number of nitrogens with zero attached hydrogens (tertiary/aromatic N) is 1. The van der Waals surface area contributed by atoms with Crippen LogP contribution in [0.1, 0.15) is 29.7 Å². The topological polar surface area (TPSA) is 75.7 Å². The number of amides is 1. The van der Waals surface area contributed by atoms with Crippen molar-refractivity contribution in [2.75, 3.05) is 24.2 Å². The van der Waals surface area contributed by atoms with Crippen LogP contribution in [0.5, 0.6) is 5.75 Å². The van der Waals surface area contributed by atoms with Crippen LogP contribution < -0.4 is 14.4 Å². The van der Waals surface area contributed by atoms with Crippen LogP contribution in [-0.4, -0.2) is 34.2 Å². The van der Waals surface area contributed by atoms with Crippen LogP contribution in [0.4, 0.5) is 5.69 Å². The van der Waals surface area contributed by atoms with Crippen molar-refractivity contribution in [1.29, 1.82) is 0 Å². The standard InChI is InChI=1S/C20H26N2O4S/c1-14-9-10-17(11-15(14)2)16(3)21-20(23)13-22(27(5,24)25)18-7-6-8-19(12-18)26-4/h6-12,16H,13H2,1-5H3,(H,21,23)/t16-/m1/s1. The fourth-order valence-corrected chi connectivity index (χ4v) is 3.55. The van der Waals surface area contributed by atoms with E-state index in [1.807, 2.05) is 39.0 Å². The van der Waals surface area contributed by atoms with Gasteiger partial charge in [-0.1, -0.05) is 24.3 Å². The number of benzene rings is 2. The molecule has 0 aliphatic rings. The summed E-state index contributed by atoms with van der Waals surface area (Å²) in [5.74, 6) is 0.138. The summed E-state index contributed by atoms with van der Waals surface area (Å²) in [6.45, 7) is 5.61. The molecule has 1 N–H and O–H groups in total. The lowest BCUT2D eigenvalue weighted by molar-refractivity contribution is -0.120. The van der Waals surface area contributed by atoms with Gasteiger partial charge in [0.2, 0.25) is 15.9 Å². The van der Waals surface area contributed by atoms with Crippen molar-refractivity contribution in [2.24, 2.45) is 0 Å². The Labute approximate surface area is 161 Å². The van der Waals surface area contributed by atoms with Gasteiger partial charge in [-0.3, -0.25) is 9.10 Å². The second-order valence-corrected chi connectivity index (χ2v) is 8.51. The third kappa shape index (κ3) is 5.47. The van der Waals surface area contributed by atoms with Crippen molar-refractivity contribution in [1.82, 2.24) is 5.32 Å². The fraction of sp³-hybridized carbons (Fsp3) is 0.350. The Kier molecular flexibility index (Phi) is 6.49. The van der Waals surface area contributed by atoms with Crippen LogP contribution in [-0.2, 0) is 14.8 Å². The molecular weight excluding hydrogens is 364 g/mol. The van der Waals surface area contributed by atoms with E-state index in [4.69, 9.17) is 4.74 Å². The maximum Gasteiger partial charge on any atom is 0.241 e. The molecule has 0 unspecified atom stereocenters. The van der Waals surface area contributed by atoms with Gasteiger partial charge in [-0.15, -0.1) is 0 Å². The summed E-state index contributed by atoms with van der Waals surface area (Å²) in [6, 6.07) is 12.4. The monoisotopic (exact) mass is 390 g/mol. The van der Waals surface area contributed by atoms with Gasteiger partial charge in [0, 0.05) is 6.07 Å². The molecule has 0 saturated heterocycles. The van der Waals surface area contributed by atoms with E-state index in [0.29, 0.717) is 11.4 Å². The van der Waals surface area contributed by atoms with E-state index >= 15 is 0 Å². The summed E-state index contributed by atoms with van der Waals surface area (Å²) in [4.78, 5) is 12.5. The van der Waals surface area contributed by atoms with Crippen molar-refractivity contribution >= 4 is 21.6 Å². The van der Waals surface area contributed by atoms with Gasteiger partial charge in [0.1, 0.15) is 12.3 Å². The SMILES string of the molecule is COc1cccc(N(CC(=O)N[C@H](C)c2ccc(C)c(C)c2)S(C)(=O)=O)c1. The van der Waals surface area contributed by atoms with Crippen LogP contribution in [0.15, 0.2) is 42.5 Å². The molecule has 0 radical (unpaired) electrons. The van der Waals surface area contributed by atoms with E-state index in [1.54, 1.807) is 24.3 Å². The highest BCUT2D eigenvalue weighted by Gasteiger charge is 2.22. The first-order valence-electron chi connectivity index (χ1n) is 8.60. The zero-order valence-electron chi connectivity index (χ0n) is 16.3. The number of ether oxygens (including phenoxy) is 1. The highest BCUT2D eigenvalue weighted by Crippen LogP contribution is 2.23. The van der Waals surface area contributed by atoms with E-state index in [0.717, 1.165) is 21.7 Å². The van der Waals surface area contributed by atoms with Gasteiger partial charge in [-0.25, -0.2) is 8.42 Å². The lowest BCUT2D eigenvalue weighted by Gasteiger charge is -2.23. The van der Waals surface area contributed by atoms with Crippen LogP contribution in [0.25, 0.3) is 0 Å². The summed E-state index contributed by atoms with van der Waals surface area (Å²) < 4.78 is 30.6. The molecule has 2 aromatic rings. The van der Waals surface area contributed by atoms with E-state index in [-0.39, 0.29) is 18.5 Å². The van der Waals surface area contributed by atoms with Gasteiger partial charge < -0.3 is 10.1 Å². The molecule has 2 aromatic carbocycles. The molecule has 0 aromatic heterocycles. The largest absolute Gasteiger partial charge is 0.497 e. The minimum absolute atomic E-state index is 0.233. The number of hydrogen-bond acceptors (Lipinski definition) is 4. The zero-order chi connectivity index (χ0) is 20.2. The maximum atomic E-state index is 12.5. The molecule has 0 fully saturated rings. The number of aryl methyl sites for hydroxylation is 2. The molecule has 0 aliphatic carbocycles. The number of hydrogen-bond donors (Lipinski definition) is 1. The lowest BCUT2D eigenvalue weighted by Crippen LogP contribution is -2.41. The van der Waals surface area contributed by atoms with Crippen molar-refractivity contribution in [3.63, 3.8) is 0 Å². The van der Waals surface area contributed by atoms with Crippen LogP contribution in [0, 0.1) is 13.8 Å². The molecule has 0 aliphatic heterocycles. The normalized spacial score (nSPS) is 12.3. The predicted molar refractivity (Wildman–Crippen MR) is 108 cm³/mol. The smallest absolute Gasteiger partial charge is 0.241 e. The second-order valence-electron chi connectivity index (χ2n) is 6.60. The Bertz CT molecular complexity index is 925. The zero-order valence-corrected chi connectivity index (χ0v) is 17.1. The summed E-state index contributed by atoms with van der Waals surface area (Å²) in [5, 5.41) is 2.87. The number of carbonyl (C=O) groups is 1. The summed E-state index contributed by atoms with van der Waals surface area (Å²) in [7, 11) is -2.13. The third-order valence-corrected chi connectivity index (χ3v) is 5.58. The summed E-state index contributed by atoms with van der Waals surface area (Å²) in [5.41, 5.74) is 3.67. The highest BCUT2D eigenvalue weighted by molar-refractivity contribution is 7.92. The average Bonchev–Trinajstić information content (AvgIpc) is 2.61. The minimum Gasteiger partial charge on any atom is -0.497 e. The molecular formula is C20H26N2O4S. The molecule has 0 spiro atoms. The van der Waals surface area contributed by atoms with Crippen LogP contribution in [0.2, 0.25) is 0 Å². The number of rotatable bonds is 7. The van der Waals surface area contributed by atoms with Crippen molar-refractivity contribution < 1.29 is 17.9 Å². The predicted octanol–water partition coefficient (Wildman–Crippen LogP) is 2.96. The third-order valence-electron chi connectivity index (χ3n) is 4.44. The highest BCUT2D eigenvalue weighted by atomic mass is 32.2. The Balaban J connectivity index is 2.17. The summed E-state index contributed by atoms with van der Waals surface area (Å²) in [6.07, 6.45) is 1.08. The molecule has 1 amide bonds. The van der Waals surface area contributed by atoms with E-state index < -0.39 is 10.0 Å². The molecule has 146 valence electrons. The van der Waals surface area contributed by atoms with Crippen molar-refractivity contribution in [3.05, 3.63) is 59.2 Å². The van der Waals surface area contributed by atoms with Gasteiger partial charge in [0.05, 0.1) is 25.1 Å². The quantitative estimate of drug-likeness (QED) is 0.789.